The van der Waals surface area contributed by atoms with Gasteiger partial charge in [0.1, 0.15) is 0 Å². The zero-order valence-corrected chi connectivity index (χ0v) is 32.4. The molecule has 0 aromatic heterocycles. The number of anilines is 2. The SMILES string of the molecule is C1=CC2c3cc(-c4ccc5c(c4)C4C=CCCC4N5C4=CC(c5ccccc5)CC(c5ccccc5)C4)ccc3N(C3=CC=C(C4C=CCCC4)CC3)C2C=C1. The second-order valence-corrected chi connectivity index (χ2v) is 17.3. The van der Waals surface area contributed by atoms with Crippen LogP contribution in [0.2, 0.25) is 0 Å². The predicted molar refractivity (Wildman–Crippen MR) is 234 cm³/mol. The topological polar surface area (TPSA) is 6.48 Å². The highest BCUT2D eigenvalue weighted by molar-refractivity contribution is 5.79. The van der Waals surface area contributed by atoms with Gasteiger partial charge in [0, 0.05) is 46.6 Å². The van der Waals surface area contributed by atoms with Gasteiger partial charge in [0.2, 0.25) is 0 Å². The number of allylic oxidation sites excluding steroid dienone is 11. The van der Waals surface area contributed by atoms with Crippen LogP contribution in [0, 0.1) is 5.92 Å². The largest absolute Gasteiger partial charge is 0.341 e. The summed E-state index contributed by atoms with van der Waals surface area (Å²) in [6, 6.07) is 38.1. The summed E-state index contributed by atoms with van der Waals surface area (Å²) in [5, 5.41) is 0. The molecule has 7 atom stereocenters. The van der Waals surface area contributed by atoms with Crippen molar-refractivity contribution >= 4 is 11.4 Å². The van der Waals surface area contributed by atoms with Crippen molar-refractivity contribution in [1.82, 2.24) is 0 Å². The van der Waals surface area contributed by atoms with Crippen molar-refractivity contribution in [2.45, 2.75) is 93.5 Å². The van der Waals surface area contributed by atoms with Gasteiger partial charge in [0.25, 0.3) is 0 Å². The smallest absolute Gasteiger partial charge is 0.0626 e. The summed E-state index contributed by atoms with van der Waals surface area (Å²) in [6.07, 6.45) is 37.4. The van der Waals surface area contributed by atoms with E-state index in [4.69, 9.17) is 0 Å². The molecular weight excluding hydrogens is 677 g/mol. The normalized spacial score (nSPS) is 28.6. The minimum atomic E-state index is 0.339. The summed E-state index contributed by atoms with van der Waals surface area (Å²) in [7, 11) is 0. The summed E-state index contributed by atoms with van der Waals surface area (Å²) in [6.45, 7) is 0. The molecule has 7 unspecified atom stereocenters. The number of nitrogens with zero attached hydrogens (tertiary/aromatic N) is 2. The predicted octanol–water partition coefficient (Wildman–Crippen LogP) is 13.6. The van der Waals surface area contributed by atoms with Gasteiger partial charge in [-0.05, 0) is 133 Å². The second kappa shape index (κ2) is 14.3. The third-order valence-corrected chi connectivity index (χ3v) is 14.1. The molecule has 5 aliphatic carbocycles. The number of rotatable bonds is 6. The quantitative estimate of drug-likeness (QED) is 0.182. The molecule has 278 valence electrons. The molecule has 2 heteroatoms. The van der Waals surface area contributed by atoms with E-state index >= 15 is 0 Å². The zero-order valence-electron chi connectivity index (χ0n) is 32.4. The highest BCUT2D eigenvalue weighted by Crippen LogP contribution is 2.53. The molecule has 7 aliphatic rings. The lowest BCUT2D eigenvalue weighted by Gasteiger charge is -2.38. The summed E-state index contributed by atoms with van der Waals surface area (Å²) >= 11 is 0. The third-order valence-electron chi connectivity index (χ3n) is 14.1. The Bertz CT molecular complexity index is 2350. The van der Waals surface area contributed by atoms with Crippen molar-refractivity contribution in [3.05, 3.63) is 203 Å². The monoisotopic (exact) mass is 728 g/mol. The number of hydrogen-bond donors (Lipinski definition) is 0. The van der Waals surface area contributed by atoms with Crippen molar-refractivity contribution in [3.8, 4) is 11.1 Å². The Hall–Kier alpha value is -5.34. The van der Waals surface area contributed by atoms with E-state index in [9.17, 15) is 0 Å². The Balaban J connectivity index is 0.941. The highest BCUT2D eigenvalue weighted by Gasteiger charge is 2.42. The van der Waals surface area contributed by atoms with Crippen molar-refractivity contribution in [2.24, 2.45) is 5.92 Å². The lowest BCUT2D eigenvalue weighted by molar-refractivity contribution is 0.499. The van der Waals surface area contributed by atoms with Crippen LogP contribution in [0.4, 0.5) is 11.4 Å². The number of hydrogen-bond acceptors (Lipinski definition) is 2. The molecule has 0 saturated carbocycles. The fourth-order valence-corrected chi connectivity index (χ4v) is 11.4. The average molecular weight is 729 g/mol. The van der Waals surface area contributed by atoms with E-state index in [1.807, 2.05) is 0 Å². The van der Waals surface area contributed by atoms with Crippen molar-refractivity contribution in [3.63, 3.8) is 0 Å². The van der Waals surface area contributed by atoms with Crippen molar-refractivity contribution in [2.75, 3.05) is 9.80 Å². The number of benzene rings is 4. The first-order chi connectivity index (χ1) is 27.8. The Labute approximate surface area is 333 Å². The van der Waals surface area contributed by atoms with E-state index in [1.54, 1.807) is 5.57 Å². The highest BCUT2D eigenvalue weighted by atomic mass is 15.2. The van der Waals surface area contributed by atoms with Gasteiger partial charge in [0.05, 0.1) is 6.04 Å². The summed E-state index contributed by atoms with van der Waals surface area (Å²) in [5.74, 6) is 2.31. The second-order valence-electron chi connectivity index (χ2n) is 17.3. The summed E-state index contributed by atoms with van der Waals surface area (Å²) in [5.41, 5.74) is 15.9. The van der Waals surface area contributed by atoms with E-state index in [0.29, 0.717) is 41.7 Å². The van der Waals surface area contributed by atoms with Gasteiger partial charge in [-0.25, -0.2) is 0 Å². The Morgan fingerprint density at radius 1 is 0.554 bits per heavy atom. The standard InChI is InChI=1S/C54H52N2/c1-4-14-37(15-5-1)40-24-28-45(29-25-40)55-51-22-12-10-20-47(51)49-35-41(26-30-53(49)55)42-27-31-54-50(36-42)48-21-11-13-23-52(48)56(54)46-33-43(38-16-6-2-7-17-38)32-44(34-46)39-18-8-3-9-19-39/h2-4,6-12,14,16-22,24,26-28,30-31,33,35-37,43-44,47-48,51-52H,1,5,13,15,23,25,29,32,34H2. The summed E-state index contributed by atoms with van der Waals surface area (Å²) < 4.78 is 0. The van der Waals surface area contributed by atoms with Gasteiger partial charge in [-0.15, -0.1) is 0 Å². The maximum atomic E-state index is 2.78. The average Bonchev–Trinajstić information content (AvgIpc) is 3.79. The Morgan fingerprint density at radius 3 is 2.04 bits per heavy atom. The maximum absolute atomic E-state index is 2.78. The van der Waals surface area contributed by atoms with E-state index in [2.05, 4.69) is 174 Å². The maximum Gasteiger partial charge on any atom is 0.0626 e. The first-order valence-electron chi connectivity index (χ1n) is 21.5. The van der Waals surface area contributed by atoms with Crippen LogP contribution in [0.15, 0.2) is 181 Å². The van der Waals surface area contributed by atoms with Crippen LogP contribution in [-0.2, 0) is 0 Å². The minimum Gasteiger partial charge on any atom is -0.341 e. The van der Waals surface area contributed by atoms with Crippen LogP contribution >= 0.6 is 0 Å². The molecule has 4 aromatic carbocycles. The zero-order chi connectivity index (χ0) is 37.0. The van der Waals surface area contributed by atoms with E-state index < -0.39 is 0 Å². The fourth-order valence-electron chi connectivity index (χ4n) is 11.4. The van der Waals surface area contributed by atoms with Gasteiger partial charge in [-0.3, -0.25) is 0 Å². The van der Waals surface area contributed by atoms with E-state index in [0.717, 1.165) is 25.7 Å². The van der Waals surface area contributed by atoms with Crippen LogP contribution in [0.5, 0.6) is 0 Å². The molecular formula is C54H52N2. The van der Waals surface area contributed by atoms with Gasteiger partial charge in [-0.2, -0.15) is 0 Å². The van der Waals surface area contributed by atoms with E-state index in [-0.39, 0.29) is 0 Å². The molecule has 0 spiro atoms. The van der Waals surface area contributed by atoms with Crippen LogP contribution < -0.4 is 9.80 Å². The molecule has 4 aromatic rings. The molecule has 2 aliphatic heterocycles. The third kappa shape index (κ3) is 5.92. The molecule has 0 saturated heterocycles. The molecule has 56 heavy (non-hydrogen) atoms. The fraction of sp³-hybridized carbons (Fsp3) is 0.296. The molecule has 0 N–H and O–H groups in total. The molecule has 0 fully saturated rings. The first kappa shape index (κ1) is 34.0. The van der Waals surface area contributed by atoms with Crippen LogP contribution in [0.1, 0.15) is 104 Å². The van der Waals surface area contributed by atoms with Crippen LogP contribution in [0.25, 0.3) is 11.1 Å². The summed E-state index contributed by atoms with van der Waals surface area (Å²) in [4.78, 5) is 5.44. The minimum absolute atomic E-state index is 0.339. The number of fused-ring (bicyclic) bond motifs is 6. The molecule has 2 heterocycles. The molecule has 2 nitrogen and oxygen atoms in total. The first-order valence-corrected chi connectivity index (χ1v) is 21.5. The lowest BCUT2D eigenvalue weighted by Crippen LogP contribution is -2.36. The van der Waals surface area contributed by atoms with Crippen LogP contribution in [0.3, 0.4) is 0 Å². The van der Waals surface area contributed by atoms with E-state index in [1.165, 1.54) is 88.3 Å². The van der Waals surface area contributed by atoms with Gasteiger partial charge < -0.3 is 9.80 Å². The van der Waals surface area contributed by atoms with Gasteiger partial charge >= 0.3 is 0 Å². The van der Waals surface area contributed by atoms with Gasteiger partial charge in [0.15, 0.2) is 0 Å². The van der Waals surface area contributed by atoms with Gasteiger partial charge in [-0.1, -0.05) is 139 Å². The lowest BCUT2D eigenvalue weighted by atomic mass is 9.77. The Kier molecular flexibility index (Phi) is 8.67. The molecule has 11 rings (SSSR count). The molecule has 0 amide bonds. The Morgan fingerprint density at radius 2 is 1.29 bits per heavy atom. The molecule has 0 bridgehead atoms. The van der Waals surface area contributed by atoms with Crippen molar-refractivity contribution < 1.29 is 0 Å². The van der Waals surface area contributed by atoms with Crippen molar-refractivity contribution in [1.29, 1.82) is 0 Å². The van der Waals surface area contributed by atoms with Crippen LogP contribution in [-0.4, -0.2) is 12.1 Å². The molecule has 0 radical (unpaired) electrons.